The van der Waals surface area contributed by atoms with Gasteiger partial charge in [0.1, 0.15) is 11.1 Å². The number of amidine groups is 1. The topological polar surface area (TPSA) is 109 Å². The van der Waals surface area contributed by atoms with Gasteiger partial charge in [-0.1, -0.05) is 23.9 Å². The molecule has 8 nitrogen and oxygen atoms in total. The molecule has 10 heteroatoms. The number of halogens is 1. The maximum absolute atomic E-state index is 12.9. The van der Waals surface area contributed by atoms with E-state index in [1.807, 2.05) is 0 Å². The van der Waals surface area contributed by atoms with Gasteiger partial charge in [0, 0.05) is 12.1 Å². The quantitative estimate of drug-likeness (QED) is 0.389. The smallest absolute Gasteiger partial charge is 0.338 e. The number of carbonyl (C=O) groups excluding carboxylic acids is 3. The highest BCUT2D eigenvalue weighted by atomic mass is 32.2. The highest BCUT2D eigenvalue weighted by Gasteiger charge is 2.32. The molecule has 0 saturated carbocycles. The van der Waals surface area contributed by atoms with Crippen LogP contribution in [0, 0.1) is 5.82 Å². The molecule has 0 radical (unpaired) electrons. The highest BCUT2D eigenvalue weighted by Crippen LogP contribution is 2.23. The number of hydrogen-bond donors (Lipinski definition) is 2. The first-order valence-corrected chi connectivity index (χ1v) is 10.2. The van der Waals surface area contributed by atoms with E-state index in [0.717, 1.165) is 11.8 Å². The van der Waals surface area contributed by atoms with Crippen molar-refractivity contribution in [3.05, 3.63) is 65.5 Å². The summed E-state index contributed by atoms with van der Waals surface area (Å²) in [5, 5.41) is 12.7. The van der Waals surface area contributed by atoms with E-state index in [9.17, 15) is 18.8 Å². The Morgan fingerprint density at radius 3 is 2.58 bits per heavy atom. The SMILES string of the molecule is CCOC(=O)c1ccc(NC(=O)CC2S/C(=N/N=C/c3ccc(F)cc3)NC2=O)cc1. The second-order valence-corrected chi connectivity index (χ2v) is 7.54. The number of rotatable bonds is 7. The minimum absolute atomic E-state index is 0.0587. The number of amides is 2. The standard InChI is InChI=1S/C21H19FN4O4S/c1-2-30-20(29)14-5-9-16(10-6-14)24-18(27)11-17-19(28)25-21(31-17)26-23-12-13-3-7-15(22)8-4-13/h3-10,12,17H,2,11H2,1H3,(H,24,27)(H,25,26,28)/b23-12+. The summed E-state index contributed by atoms with van der Waals surface area (Å²) >= 11 is 1.10. The molecule has 2 amide bonds. The molecule has 31 heavy (non-hydrogen) atoms. The fraction of sp³-hybridized carbons (Fsp3) is 0.190. The lowest BCUT2D eigenvalue weighted by Gasteiger charge is -2.08. The average Bonchev–Trinajstić information content (AvgIpc) is 3.09. The molecular weight excluding hydrogens is 423 g/mol. The van der Waals surface area contributed by atoms with Crippen LogP contribution in [-0.2, 0) is 14.3 Å². The zero-order valence-corrected chi connectivity index (χ0v) is 17.3. The maximum atomic E-state index is 12.9. The predicted octanol–water partition coefficient (Wildman–Crippen LogP) is 2.95. The number of thioether (sulfide) groups is 1. The Bertz CT molecular complexity index is 1020. The molecule has 2 N–H and O–H groups in total. The molecule has 0 aromatic heterocycles. The van der Waals surface area contributed by atoms with E-state index in [1.54, 1.807) is 43.3 Å². The molecule has 160 valence electrons. The van der Waals surface area contributed by atoms with Gasteiger partial charge in [-0.15, -0.1) is 5.10 Å². The maximum Gasteiger partial charge on any atom is 0.338 e. The molecule has 0 spiro atoms. The van der Waals surface area contributed by atoms with Gasteiger partial charge < -0.3 is 15.4 Å². The molecule has 1 saturated heterocycles. The van der Waals surface area contributed by atoms with Gasteiger partial charge in [0.2, 0.25) is 11.8 Å². The highest BCUT2D eigenvalue weighted by molar-refractivity contribution is 8.15. The monoisotopic (exact) mass is 442 g/mol. The van der Waals surface area contributed by atoms with Crippen molar-refractivity contribution < 1.29 is 23.5 Å². The Morgan fingerprint density at radius 2 is 1.90 bits per heavy atom. The van der Waals surface area contributed by atoms with Gasteiger partial charge in [0.15, 0.2) is 5.17 Å². The normalized spacial score (nSPS) is 17.0. The number of anilines is 1. The zero-order valence-electron chi connectivity index (χ0n) is 16.5. The van der Waals surface area contributed by atoms with Crippen molar-refractivity contribution >= 4 is 46.6 Å². The van der Waals surface area contributed by atoms with Crippen molar-refractivity contribution in [2.75, 3.05) is 11.9 Å². The Hall–Kier alpha value is -3.53. The van der Waals surface area contributed by atoms with Gasteiger partial charge in [0.25, 0.3) is 0 Å². The third-order valence-electron chi connectivity index (χ3n) is 4.05. The van der Waals surface area contributed by atoms with Gasteiger partial charge in [-0.25, -0.2) is 9.18 Å². The second-order valence-electron chi connectivity index (χ2n) is 6.35. The molecule has 1 aliphatic heterocycles. The Kier molecular flexibility index (Phi) is 7.50. The van der Waals surface area contributed by atoms with Crippen molar-refractivity contribution in [1.82, 2.24) is 5.32 Å². The van der Waals surface area contributed by atoms with Gasteiger partial charge in [-0.2, -0.15) is 5.10 Å². The number of benzene rings is 2. The lowest BCUT2D eigenvalue weighted by atomic mass is 10.2. The van der Waals surface area contributed by atoms with Crippen LogP contribution < -0.4 is 10.6 Å². The number of carbonyl (C=O) groups is 3. The van der Waals surface area contributed by atoms with Crippen LogP contribution in [0.15, 0.2) is 58.7 Å². The summed E-state index contributed by atoms with van der Waals surface area (Å²) in [5.41, 5.74) is 1.54. The fourth-order valence-electron chi connectivity index (χ4n) is 2.57. The number of esters is 1. The molecule has 1 unspecified atom stereocenters. The van der Waals surface area contributed by atoms with Crippen LogP contribution >= 0.6 is 11.8 Å². The number of nitrogens with one attached hydrogen (secondary N) is 2. The molecule has 1 atom stereocenters. The van der Waals surface area contributed by atoms with Crippen LogP contribution in [-0.4, -0.2) is 41.0 Å². The zero-order chi connectivity index (χ0) is 22.2. The third kappa shape index (κ3) is 6.48. The van der Waals surface area contributed by atoms with E-state index < -0.39 is 11.2 Å². The lowest BCUT2D eigenvalue weighted by Crippen LogP contribution is -2.28. The molecule has 0 aliphatic carbocycles. The van der Waals surface area contributed by atoms with E-state index in [-0.39, 0.29) is 35.8 Å². The number of ether oxygens (including phenoxy) is 1. The van der Waals surface area contributed by atoms with Crippen molar-refractivity contribution in [1.29, 1.82) is 0 Å². The van der Waals surface area contributed by atoms with Crippen LogP contribution in [0.5, 0.6) is 0 Å². The van der Waals surface area contributed by atoms with Gasteiger partial charge >= 0.3 is 5.97 Å². The van der Waals surface area contributed by atoms with Gasteiger partial charge in [0.05, 0.1) is 18.4 Å². The molecule has 2 aromatic rings. The van der Waals surface area contributed by atoms with Crippen LogP contribution in [0.1, 0.15) is 29.3 Å². The predicted molar refractivity (Wildman–Crippen MR) is 117 cm³/mol. The molecule has 1 heterocycles. The first-order chi connectivity index (χ1) is 14.9. The average molecular weight is 442 g/mol. The van der Waals surface area contributed by atoms with E-state index in [4.69, 9.17) is 4.74 Å². The van der Waals surface area contributed by atoms with Crippen LogP contribution in [0.25, 0.3) is 0 Å². The number of hydrogen-bond acceptors (Lipinski definition) is 7. The summed E-state index contributed by atoms with van der Waals surface area (Å²) in [4.78, 5) is 36.0. The van der Waals surface area contributed by atoms with Crippen LogP contribution in [0.3, 0.4) is 0 Å². The number of nitrogens with zero attached hydrogens (tertiary/aromatic N) is 2. The van der Waals surface area contributed by atoms with Crippen molar-refractivity contribution in [3.8, 4) is 0 Å². The van der Waals surface area contributed by atoms with Crippen LogP contribution in [0.4, 0.5) is 10.1 Å². The second kappa shape index (κ2) is 10.5. The lowest BCUT2D eigenvalue weighted by molar-refractivity contribution is -0.122. The Morgan fingerprint density at radius 1 is 1.19 bits per heavy atom. The summed E-state index contributed by atoms with van der Waals surface area (Å²) in [6.07, 6.45) is 1.37. The van der Waals surface area contributed by atoms with Gasteiger partial charge in [-0.05, 0) is 48.9 Å². The van der Waals surface area contributed by atoms with Crippen molar-refractivity contribution in [3.63, 3.8) is 0 Å². The molecule has 1 aliphatic rings. The van der Waals surface area contributed by atoms with E-state index in [0.29, 0.717) is 16.8 Å². The first-order valence-electron chi connectivity index (χ1n) is 9.35. The van der Waals surface area contributed by atoms with E-state index >= 15 is 0 Å². The minimum atomic E-state index is -0.640. The minimum Gasteiger partial charge on any atom is -0.462 e. The van der Waals surface area contributed by atoms with Crippen molar-refractivity contribution in [2.24, 2.45) is 10.2 Å². The summed E-state index contributed by atoms with van der Waals surface area (Å²) in [5.74, 6) is -1.48. The molecule has 1 fully saturated rings. The Balaban J connectivity index is 1.51. The van der Waals surface area contributed by atoms with Crippen molar-refractivity contribution in [2.45, 2.75) is 18.6 Å². The summed E-state index contributed by atoms with van der Waals surface area (Å²) < 4.78 is 17.8. The third-order valence-corrected chi connectivity index (χ3v) is 5.12. The summed E-state index contributed by atoms with van der Waals surface area (Å²) in [6, 6.07) is 12.0. The largest absolute Gasteiger partial charge is 0.462 e. The molecule has 2 aromatic carbocycles. The molecule has 3 rings (SSSR count). The Labute approximate surface area is 182 Å². The van der Waals surface area contributed by atoms with E-state index in [2.05, 4.69) is 20.8 Å². The molecular formula is C21H19FN4O4S. The van der Waals surface area contributed by atoms with Gasteiger partial charge in [-0.3, -0.25) is 9.59 Å². The first kappa shape index (κ1) is 22.2. The van der Waals surface area contributed by atoms with Crippen LogP contribution in [0.2, 0.25) is 0 Å². The fourth-order valence-corrected chi connectivity index (χ4v) is 3.49. The summed E-state index contributed by atoms with van der Waals surface area (Å²) in [6.45, 7) is 2.00. The molecule has 0 bridgehead atoms. The summed E-state index contributed by atoms with van der Waals surface area (Å²) in [7, 11) is 0. The van der Waals surface area contributed by atoms with E-state index in [1.165, 1.54) is 18.3 Å².